The lowest BCUT2D eigenvalue weighted by atomic mass is 10.0. The molecule has 0 aliphatic rings. The van der Waals surface area contributed by atoms with E-state index in [2.05, 4.69) is 35.2 Å². The van der Waals surface area contributed by atoms with Crippen LogP contribution in [0.4, 0.5) is 25.1 Å². The zero-order chi connectivity index (χ0) is 23.0. The van der Waals surface area contributed by atoms with Gasteiger partial charge in [0.15, 0.2) is 5.82 Å². The second-order valence-corrected chi connectivity index (χ2v) is 7.87. The van der Waals surface area contributed by atoms with Crippen molar-refractivity contribution in [3.8, 4) is 11.4 Å². The van der Waals surface area contributed by atoms with E-state index in [0.29, 0.717) is 17.8 Å². The van der Waals surface area contributed by atoms with Crippen molar-refractivity contribution in [1.29, 1.82) is 0 Å². The van der Waals surface area contributed by atoms with E-state index in [1.807, 2.05) is 43.5 Å². The summed E-state index contributed by atoms with van der Waals surface area (Å²) in [5, 5.41) is 3.09. The summed E-state index contributed by atoms with van der Waals surface area (Å²) in [6.07, 6.45) is 0.719. The summed E-state index contributed by atoms with van der Waals surface area (Å²) in [4.78, 5) is 22.9. The van der Waals surface area contributed by atoms with Gasteiger partial charge in [-0.3, -0.25) is 0 Å². The van der Waals surface area contributed by atoms with Gasteiger partial charge in [-0.1, -0.05) is 13.8 Å². The number of anilines is 2. The number of halogens is 3. The number of pyridine rings is 1. The predicted octanol–water partition coefficient (Wildman–Crippen LogP) is 4.02. The van der Waals surface area contributed by atoms with E-state index in [-0.39, 0.29) is 23.5 Å². The Balaban J connectivity index is 1.67. The molecule has 4 N–H and O–H groups in total. The maximum absolute atomic E-state index is 13.0. The lowest BCUT2D eigenvalue weighted by Gasteiger charge is -2.20. The molecule has 9 nitrogen and oxygen atoms in total. The summed E-state index contributed by atoms with van der Waals surface area (Å²) in [7, 11) is 0. The Morgan fingerprint density at radius 1 is 1.12 bits per heavy atom. The first-order chi connectivity index (χ1) is 15.1. The number of aryl methyl sites for hydroxylation is 1. The van der Waals surface area contributed by atoms with Crippen LogP contribution in [0.3, 0.4) is 0 Å². The third kappa shape index (κ3) is 4.48. The number of hydrogen-bond donors (Lipinski definition) is 3. The van der Waals surface area contributed by atoms with Crippen LogP contribution in [0, 0.1) is 12.8 Å². The number of nitrogen functional groups attached to an aromatic ring is 1. The average Bonchev–Trinajstić information content (AvgIpc) is 3.34. The molecule has 12 heteroatoms. The van der Waals surface area contributed by atoms with Crippen molar-refractivity contribution in [2.45, 2.75) is 39.4 Å². The minimum atomic E-state index is -4.56. The molecule has 0 radical (unpaired) electrons. The lowest BCUT2D eigenvalue weighted by Crippen LogP contribution is -2.17. The van der Waals surface area contributed by atoms with Gasteiger partial charge in [-0.2, -0.15) is 28.1 Å². The number of alkyl halides is 3. The van der Waals surface area contributed by atoms with E-state index in [4.69, 9.17) is 5.73 Å². The van der Waals surface area contributed by atoms with Gasteiger partial charge in [0.2, 0.25) is 17.7 Å². The second kappa shape index (κ2) is 8.09. The molecule has 4 heterocycles. The van der Waals surface area contributed by atoms with Crippen LogP contribution in [0.5, 0.6) is 0 Å². The van der Waals surface area contributed by atoms with Crippen LogP contribution < -0.4 is 11.1 Å². The first-order valence-corrected chi connectivity index (χ1v) is 9.94. The third-order valence-corrected chi connectivity index (χ3v) is 4.87. The SMILES string of the molecule is Cc1ncc2ccc(-c3nc(N)nc(N[C@@H](CC(C)C)c4cnc(C(F)(F)F)[nH]4)n3)cn12. The molecule has 0 aromatic carbocycles. The van der Waals surface area contributed by atoms with Crippen LogP contribution in [0.15, 0.2) is 30.7 Å². The molecule has 0 fully saturated rings. The summed E-state index contributed by atoms with van der Waals surface area (Å²) in [5.41, 5.74) is 7.80. The highest BCUT2D eigenvalue weighted by Gasteiger charge is 2.35. The van der Waals surface area contributed by atoms with Crippen LogP contribution in [-0.2, 0) is 6.18 Å². The number of hydrogen-bond acceptors (Lipinski definition) is 7. The van der Waals surface area contributed by atoms with Crippen molar-refractivity contribution in [3.05, 3.63) is 48.1 Å². The molecule has 1 atom stereocenters. The van der Waals surface area contributed by atoms with E-state index >= 15 is 0 Å². The number of fused-ring (bicyclic) bond motifs is 1. The molecule has 4 aromatic rings. The van der Waals surface area contributed by atoms with E-state index in [9.17, 15) is 13.2 Å². The topological polar surface area (TPSA) is 123 Å². The van der Waals surface area contributed by atoms with Crippen LogP contribution in [0.2, 0.25) is 0 Å². The Morgan fingerprint density at radius 3 is 2.59 bits per heavy atom. The highest BCUT2D eigenvalue weighted by atomic mass is 19.4. The maximum atomic E-state index is 13.0. The monoisotopic (exact) mass is 445 g/mol. The van der Waals surface area contributed by atoms with E-state index in [1.54, 1.807) is 6.20 Å². The molecule has 0 amide bonds. The van der Waals surface area contributed by atoms with Gasteiger partial charge < -0.3 is 20.4 Å². The molecular weight excluding hydrogens is 423 g/mol. The molecule has 0 spiro atoms. The number of aromatic nitrogens is 7. The molecule has 4 rings (SSSR count). The summed E-state index contributed by atoms with van der Waals surface area (Å²) < 4.78 is 40.9. The molecule has 168 valence electrons. The minimum Gasteiger partial charge on any atom is -0.368 e. The second-order valence-electron chi connectivity index (χ2n) is 7.87. The molecule has 0 bridgehead atoms. The van der Waals surface area contributed by atoms with Crippen LogP contribution in [0.25, 0.3) is 16.9 Å². The largest absolute Gasteiger partial charge is 0.449 e. The Labute approximate surface area is 181 Å². The van der Waals surface area contributed by atoms with Gasteiger partial charge >= 0.3 is 6.18 Å². The van der Waals surface area contributed by atoms with Gasteiger partial charge in [-0.05, 0) is 31.4 Å². The first-order valence-electron chi connectivity index (χ1n) is 9.94. The molecule has 0 aliphatic heterocycles. The quantitative estimate of drug-likeness (QED) is 0.410. The van der Waals surface area contributed by atoms with Crippen molar-refractivity contribution in [1.82, 2.24) is 34.3 Å². The molecule has 0 unspecified atom stereocenters. The zero-order valence-corrected chi connectivity index (χ0v) is 17.6. The fraction of sp³-hybridized carbons (Fsp3) is 0.350. The third-order valence-electron chi connectivity index (χ3n) is 4.87. The Morgan fingerprint density at radius 2 is 1.91 bits per heavy atom. The molecule has 0 saturated heterocycles. The van der Waals surface area contributed by atoms with Gasteiger partial charge in [0, 0.05) is 11.8 Å². The molecule has 0 saturated carbocycles. The highest BCUT2D eigenvalue weighted by Crippen LogP contribution is 2.30. The smallest absolute Gasteiger partial charge is 0.368 e. The Kier molecular flexibility index (Phi) is 5.45. The van der Waals surface area contributed by atoms with Gasteiger partial charge in [0.1, 0.15) is 5.82 Å². The average molecular weight is 445 g/mol. The van der Waals surface area contributed by atoms with E-state index in [0.717, 1.165) is 11.3 Å². The van der Waals surface area contributed by atoms with Crippen LogP contribution in [-0.4, -0.2) is 34.3 Å². The van der Waals surface area contributed by atoms with Crippen molar-refractivity contribution in [2.75, 3.05) is 11.1 Å². The van der Waals surface area contributed by atoms with Crippen molar-refractivity contribution in [3.63, 3.8) is 0 Å². The van der Waals surface area contributed by atoms with Crippen molar-refractivity contribution in [2.24, 2.45) is 5.92 Å². The number of rotatable bonds is 6. The summed E-state index contributed by atoms with van der Waals surface area (Å²) in [6, 6.07) is 3.19. The van der Waals surface area contributed by atoms with E-state index in [1.165, 1.54) is 6.20 Å². The number of H-pyrrole nitrogens is 1. The predicted molar refractivity (Wildman–Crippen MR) is 113 cm³/mol. The number of aromatic amines is 1. The zero-order valence-electron chi connectivity index (χ0n) is 17.6. The number of nitrogens with two attached hydrogens (primary N) is 1. The van der Waals surface area contributed by atoms with Crippen LogP contribution >= 0.6 is 0 Å². The van der Waals surface area contributed by atoms with Crippen LogP contribution in [0.1, 0.15) is 43.7 Å². The standard InChI is InChI=1S/C20H22F3N9/c1-10(2)6-14(15-8-26-17(27-15)20(21,22)23)28-19-30-16(29-18(24)31-19)12-4-5-13-7-25-11(3)32(13)9-12/h4-5,7-10,14H,6H2,1-3H3,(H,26,27)(H3,24,28,29,30,31)/t14-/m0/s1. The Hall–Kier alpha value is -3.70. The molecular formula is C20H22F3N9. The first kappa shape index (κ1) is 21.5. The van der Waals surface area contributed by atoms with Gasteiger partial charge in [-0.15, -0.1) is 0 Å². The molecule has 4 aromatic heterocycles. The van der Waals surface area contributed by atoms with Crippen molar-refractivity contribution < 1.29 is 13.2 Å². The van der Waals surface area contributed by atoms with Gasteiger partial charge in [0.05, 0.1) is 29.6 Å². The van der Waals surface area contributed by atoms with Gasteiger partial charge in [0.25, 0.3) is 0 Å². The summed E-state index contributed by atoms with van der Waals surface area (Å²) >= 11 is 0. The minimum absolute atomic E-state index is 0.0103. The van der Waals surface area contributed by atoms with Gasteiger partial charge in [-0.25, -0.2) is 9.97 Å². The Bertz CT molecular complexity index is 1240. The fourth-order valence-electron chi connectivity index (χ4n) is 3.38. The summed E-state index contributed by atoms with van der Waals surface area (Å²) in [6.45, 7) is 5.80. The molecule has 32 heavy (non-hydrogen) atoms. The van der Waals surface area contributed by atoms with E-state index < -0.39 is 18.0 Å². The van der Waals surface area contributed by atoms with Crippen molar-refractivity contribution >= 4 is 17.4 Å². The summed E-state index contributed by atoms with van der Waals surface area (Å²) in [5.74, 6) is 0.406. The fourth-order valence-corrected chi connectivity index (χ4v) is 3.38. The number of nitrogens with one attached hydrogen (secondary N) is 2. The maximum Gasteiger partial charge on any atom is 0.449 e. The molecule has 0 aliphatic carbocycles. The number of imidazole rings is 2. The normalized spacial score (nSPS) is 13.1. The number of nitrogens with zero attached hydrogens (tertiary/aromatic N) is 6. The lowest BCUT2D eigenvalue weighted by molar-refractivity contribution is -0.144. The highest BCUT2D eigenvalue weighted by molar-refractivity contribution is 5.61.